The van der Waals surface area contributed by atoms with Gasteiger partial charge in [-0.15, -0.1) is 0 Å². The van der Waals surface area contributed by atoms with Crippen LogP contribution >= 0.6 is 0 Å². The number of hydrogen-bond acceptors (Lipinski definition) is 1. The first-order valence-electron chi connectivity index (χ1n) is 23.3. The fourth-order valence-corrected chi connectivity index (χ4v) is 9.51. The van der Waals surface area contributed by atoms with Crippen LogP contribution in [0.1, 0.15) is 37.0 Å². The molecule has 1 unspecified atom stereocenters. The van der Waals surface area contributed by atoms with E-state index in [1.165, 1.54) is 93.6 Å². The van der Waals surface area contributed by atoms with Gasteiger partial charge in [-0.3, -0.25) is 4.99 Å². The van der Waals surface area contributed by atoms with Crippen LogP contribution in [0.15, 0.2) is 236 Å². The van der Waals surface area contributed by atoms with E-state index in [2.05, 4.69) is 235 Å². The molecule has 0 radical (unpaired) electrons. The van der Waals surface area contributed by atoms with E-state index in [1.807, 2.05) is 32.0 Å². The SMILES string of the molecule is C1=CCC(C=Nc2c(Cc3ccccc3-n3c4ccccc4c4ccc(-c5ccc6c(c5)c5ccccc5n6-c5ccccc5)cc43)ccc3ccccc23)C=C1.CC.Cc1ccccc1. The van der Waals surface area contributed by atoms with Crippen LogP contribution in [0.5, 0.6) is 0 Å². The van der Waals surface area contributed by atoms with Crippen LogP contribution in [0.4, 0.5) is 5.69 Å². The average Bonchev–Trinajstić information content (AvgIpc) is 3.90. The summed E-state index contributed by atoms with van der Waals surface area (Å²) < 4.78 is 4.86. The molecule has 0 amide bonds. The minimum absolute atomic E-state index is 0.295. The molecule has 9 aromatic carbocycles. The van der Waals surface area contributed by atoms with E-state index < -0.39 is 0 Å². The summed E-state index contributed by atoms with van der Waals surface area (Å²) in [5.41, 5.74) is 14.4. The molecule has 0 fully saturated rings. The molecular formula is C63H53N3. The van der Waals surface area contributed by atoms with Crippen molar-refractivity contribution in [2.45, 2.75) is 33.6 Å². The Morgan fingerprint density at radius 2 is 1.09 bits per heavy atom. The second-order valence-electron chi connectivity index (χ2n) is 16.7. The van der Waals surface area contributed by atoms with Crippen LogP contribution in [0.2, 0.25) is 0 Å². The lowest BCUT2D eigenvalue weighted by atomic mass is 9.97. The van der Waals surface area contributed by atoms with Crippen molar-refractivity contribution in [3.05, 3.63) is 247 Å². The van der Waals surface area contributed by atoms with Crippen molar-refractivity contribution in [1.29, 1.82) is 0 Å². The van der Waals surface area contributed by atoms with Crippen molar-refractivity contribution in [2.24, 2.45) is 10.9 Å². The Morgan fingerprint density at radius 3 is 1.83 bits per heavy atom. The first-order chi connectivity index (χ1) is 32.7. The third kappa shape index (κ3) is 8.17. The minimum atomic E-state index is 0.295. The van der Waals surface area contributed by atoms with Gasteiger partial charge in [-0.25, -0.2) is 0 Å². The van der Waals surface area contributed by atoms with Crippen molar-refractivity contribution in [3.63, 3.8) is 0 Å². The van der Waals surface area contributed by atoms with E-state index in [9.17, 15) is 0 Å². The Balaban J connectivity index is 0.000000517. The number of allylic oxidation sites excluding steroid dienone is 4. The standard InChI is InChI=1S/C54H39N3.C7H8.C2H6/c1-3-15-37(16-4-1)36-55-54-42(28-27-38-17-7-9-21-44(38)54)33-41-18-8-12-24-49(41)57-51-26-14-10-22-45(51)47-31-29-40(35-53(47)57)39-30-32-52-48(34-39)46-23-11-13-25-50(46)56(52)43-19-5-2-6-20-43;1-7-5-3-2-4-6-7;1-2/h1-15,17-32,34-37H,16,33H2;2-6H,1H3;1-2H3. The molecule has 12 rings (SSSR count). The van der Waals surface area contributed by atoms with E-state index >= 15 is 0 Å². The zero-order chi connectivity index (χ0) is 44.8. The maximum absolute atomic E-state index is 5.23. The topological polar surface area (TPSA) is 22.2 Å². The highest BCUT2D eigenvalue weighted by molar-refractivity contribution is 6.12. The summed E-state index contributed by atoms with van der Waals surface area (Å²) in [6.07, 6.45) is 12.6. The number of aliphatic imine (C=N–C) groups is 1. The molecule has 0 aliphatic heterocycles. The molecule has 0 N–H and O–H groups in total. The number of aromatic nitrogens is 2. The molecule has 1 aliphatic carbocycles. The lowest BCUT2D eigenvalue weighted by Gasteiger charge is -2.16. The Hall–Kier alpha value is -8.01. The molecule has 66 heavy (non-hydrogen) atoms. The molecule has 0 saturated carbocycles. The van der Waals surface area contributed by atoms with Gasteiger partial charge >= 0.3 is 0 Å². The van der Waals surface area contributed by atoms with Gasteiger partial charge in [0, 0.05) is 56.9 Å². The number of hydrogen-bond donors (Lipinski definition) is 0. The van der Waals surface area contributed by atoms with E-state index in [0.29, 0.717) is 5.92 Å². The Labute approximate surface area is 387 Å². The van der Waals surface area contributed by atoms with E-state index in [1.54, 1.807) is 0 Å². The van der Waals surface area contributed by atoms with Crippen LogP contribution in [0, 0.1) is 12.8 Å². The summed E-state index contributed by atoms with van der Waals surface area (Å²) in [6.45, 7) is 6.08. The molecule has 3 nitrogen and oxygen atoms in total. The van der Waals surface area contributed by atoms with Gasteiger partial charge in [0.15, 0.2) is 0 Å². The van der Waals surface area contributed by atoms with Crippen LogP contribution in [0.3, 0.4) is 0 Å². The predicted octanol–water partition coefficient (Wildman–Crippen LogP) is 17.1. The number of aryl methyl sites for hydroxylation is 1. The molecule has 0 spiro atoms. The zero-order valence-electron chi connectivity index (χ0n) is 37.8. The van der Waals surface area contributed by atoms with Crippen molar-refractivity contribution in [3.8, 4) is 22.5 Å². The normalized spacial score (nSPS) is 13.3. The molecule has 1 atom stereocenters. The van der Waals surface area contributed by atoms with Crippen LogP contribution in [-0.2, 0) is 6.42 Å². The predicted molar refractivity (Wildman–Crippen MR) is 284 cm³/mol. The number of fused-ring (bicyclic) bond motifs is 7. The van der Waals surface area contributed by atoms with Crippen molar-refractivity contribution < 1.29 is 0 Å². The fourth-order valence-electron chi connectivity index (χ4n) is 9.51. The molecule has 320 valence electrons. The van der Waals surface area contributed by atoms with Gasteiger partial charge in [0.25, 0.3) is 0 Å². The fraction of sp³-hybridized carbons (Fsp3) is 0.0952. The summed E-state index contributed by atoms with van der Waals surface area (Å²) in [7, 11) is 0. The van der Waals surface area contributed by atoms with Gasteiger partial charge in [0.1, 0.15) is 0 Å². The molecular weight excluding hydrogens is 799 g/mol. The highest BCUT2D eigenvalue weighted by Crippen LogP contribution is 2.40. The minimum Gasteiger partial charge on any atom is -0.309 e. The first kappa shape index (κ1) is 42.0. The molecule has 2 heterocycles. The summed E-state index contributed by atoms with van der Waals surface area (Å²) in [4.78, 5) is 5.23. The number of nitrogens with zero attached hydrogens (tertiary/aromatic N) is 3. The lowest BCUT2D eigenvalue weighted by molar-refractivity contribution is 0.887. The lowest BCUT2D eigenvalue weighted by Crippen LogP contribution is -2.02. The van der Waals surface area contributed by atoms with Crippen molar-refractivity contribution >= 4 is 66.3 Å². The smallest absolute Gasteiger partial charge is 0.0739 e. The molecule has 0 saturated heterocycles. The van der Waals surface area contributed by atoms with E-state index in [0.717, 1.165) is 18.5 Å². The largest absolute Gasteiger partial charge is 0.309 e. The first-order valence-corrected chi connectivity index (χ1v) is 23.3. The Bertz CT molecular complexity index is 3570. The van der Waals surface area contributed by atoms with E-state index in [-0.39, 0.29) is 0 Å². The van der Waals surface area contributed by atoms with Crippen LogP contribution in [-0.4, -0.2) is 15.3 Å². The maximum Gasteiger partial charge on any atom is 0.0739 e. The third-order valence-electron chi connectivity index (χ3n) is 12.6. The Kier molecular flexibility index (Phi) is 12.1. The molecule has 2 aromatic heterocycles. The zero-order valence-corrected chi connectivity index (χ0v) is 37.8. The van der Waals surface area contributed by atoms with Gasteiger partial charge in [-0.2, -0.15) is 0 Å². The molecule has 3 heteroatoms. The summed E-state index contributed by atoms with van der Waals surface area (Å²) in [5, 5.41) is 7.40. The van der Waals surface area contributed by atoms with Gasteiger partial charge in [-0.05, 0) is 89.5 Å². The highest BCUT2D eigenvalue weighted by Gasteiger charge is 2.19. The average molecular weight is 852 g/mol. The second kappa shape index (κ2) is 19.0. The second-order valence-corrected chi connectivity index (χ2v) is 16.7. The van der Waals surface area contributed by atoms with Gasteiger partial charge in [0.05, 0.1) is 27.8 Å². The Morgan fingerprint density at radius 1 is 0.485 bits per heavy atom. The third-order valence-corrected chi connectivity index (χ3v) is 12.6. The van der Waals surface area contributed by atoms with Crippen molar-refractivity contribution in [1.82, 2.24) is 9.13 Å². The maximum atomic E-state index is 5.23. The van der Waals surface area contributed by atoms with Crippen LogP contribution < -0.4 is 0 Å². The van der Waals surface area contributed by atoms with Gasteiger partial charge in [0.2, 0.25) is 0 Å². The molecule has 0 bridgehead atoms. The van der Waals surface area contributed by atoms with Crippen LogP contribution in [0.25, 0.3) is 76.9 Å². The van der Waals surface area contributed by atoms with Gasteiger partial charge < -0.3 is 9.13 Å². The van der Waals surface area contributed by atoms with E-state index in [4.69, 9.17) is 4.99 Å². The van der Waals surface area contributed by atoms with Gasteiger partial charge in [-0.1, -0.05) is 201 Å². The summed E-state index contributed by atoms with van der Waals surface area (Å²) >= 11 is 0. The highest BCUT2D eigenvalue weighted by atomic mass is 15.0. The number of rotatable bonds is 7. The molecule has 11 aromatic rings. The monoisotopic (exact) mass is 851 g/mol. The summed E-state index contributed by atoms with van der Waals surface area (Å²) in [6, 6.07) is 74.5. The molecule has 1 aliphatic rings. The summed E-state index contributed by atoms with van der Waals surface area (Å²) in [5.74, 6) is 0.295. The quantitative estimate of drug-likeness (QED) is 0.143. The van der Waals surface area contributed by atoms with Crippen molar-refractivity contribution in [2.75, 3.05) is 0 Å². The number of benzene rings is 9. The number of para-hydroxylation sites is 4.